The normalized spacial score (nSPS) is 16.9. The Kier molecular flexibility index (Phi) is 5.20. The largest absolute Gasteiger partial charge is 0.493 e. The first kappa shape index (κ1) is 16.6. The number of aromatic nitrogens is 1. The number of thiazole rings is 1. The Morgan fingerprint density at radius 1 is 1.38 bits per heavy atom. The van der Waals surface area contributed by atoms with Crippen molar-refractivity contribution >= 4 is 22.4 Å². The number of carbonyl (C=O) groups excluding carboxylic acids is 1. The van der Waals surface area contributed by atoms with E-state index in [-0.39, 0.29) is 5.91 Å². The molecule has 1 atom stereocenters. The van der Waals surface area contributed by atoms with Crippen molar-refractivity contribution in [3.8, 4) is 11.5 Å². The molecule has 2 heterocycles. The number of carbonyl (C=O) groups is 1. The van der Waals surface area contributed by atoms with Crippen LogP contribution in [0.5, 0.6) is 11.5 Å². The summed E-state index contributed by atoms with van der Waals surface area (Å²) in [6.45, 7) is 1.59. The number of amides is 1. The van der Waals surface area contributed by atoms with E-state index in [0.717, 1.165) is 24.5 Å². The Bertz CT molecular complexity index is 690. The maximum absolute atomic E-state index is 12.4. The predicted molar refractivity (Wildman–Crippen MR) is 94.4 cm³/mol. The summed E-state index contributed by atoms with van der Waals surface area (Å²) in [6.07, 6.45) is 4.00. The van der Waals surface area contributed by atoms with E-state index in [2.05, 4.69) is 15.2 Å². The summed E-state index contributed by atoms with van der Waals surface area (Å²) in [5.74, 6) is 1.05. The highest BCUT2D eigenvalue weighted by molar-refractivity contribution is 7.13. The molecule has 1 aliphatic rings. The maximum Gasteiger partial charge on any atom is 0.251 e. The van der Waals surface area contributed by atoms with Crippen LogP contribution in [0.25, 0.3) is 0 Å². The molecule has 0 spiro atoms. The second-order valence-corrected chi connectivity index (χ2v) is 6.46. The smallest absolute Gasteiger partial charge is 0.251 e. The van der Waals surface area contributed by atoms with Gasteiger partial charge in [0.05, 0.1) is 14.2 Å². The average Bonchev–Trinajstić information content (AvgIpc) is 3.29. The fourth-order valence-corrected chi connectivity index (χ4v) is 3.69. The summed E-state index contributed by atoms with van der Waals surface area (Å²) in [6, 6.07) is 5.47. The fourth-order valence-electron chi connectivity index (χ4n) is 2.95. The molecule has 0 radical (unpaired) electrons. The third-order valence-electron chi connectivity index (χ3n) is 4.19. The fraction of sp³-hybridized carbons (Fsp3) is 0.412. The van der Waals surface area contributed by atoms with Gasteiger partial charge in [-0.1, -0.05) is 0 Å². The Morgan fingerprint density at radius 3 is 2.92 bits per heavy atom. The summed E-state index contributed by atoms with van der Waals surface area (Å²) < 4.78 is 10.4. The second-order valence-electron chi connectivity index (χ2n) is 5.58. The van der Waals surface area contributed by atoms with Gasteiger partial charge in [-0.25, -0.2) is 4.98 Å². The van der Waals surface area contributed by atoms with E-state index in [9.17, 15) is 4.79 Å². The number of hydrogen-bond donors (Lipinski definition) is 1. The van der Waals surface area contributed by atoms with Crippen molar-refractivity contribution < 1.29 is 14.3 Å². The maximum atomic E-state index is 12.4. The van der Waals surface area contributed by atoms with Gasteiger partial charge < -0.3 is 19.7 Å². The molecule has 1 unspecified atom stereocenters. The lowest BCUT2D eigenvalue weighted by atomic mass is 10.1. The van der Waals surface area contributed by atoms with Gasteiger partial charge in [0, 0.05) is 36.3 Å². The number of ether oxygens (including phenoxy) is 2. The van der Waals surface area contributed by atoms with Crippen LogP contribution in [0.2, 0.25) is 0 Å². The molecule has 6 nitrogen and oxygen atoms in total. The van der Waals surface area contributed by atoms with E-state index in [1.54, 1.807) is 43.8 Å². The van der Waals surface area contributed by atoms with E-state index >= 15 is 0 Å². The van der Waals surface area contributed by atoms with Gasteiger partial charge in [-0.15, -0.1) is 11.3 Å². The van der Waals surface area contributed by atoms with Gasteiger partial charge in [0.25, 0.3) is 5.91 Å². The van der Waals surface area contributed by atoms with Gasteiger partial charge in [0.2, 0.25) is 0 Å². The van der Waals surface area contributed by atoms with E-state index in [0.29, 0.717) is 29.6 Å². The van der Waals surface area contributed by atoms with Crippen LogP contribution in [0.3, 0.4) is 0 Å². The van der Waals surface area contributed by atoms with Crippen molar-refractivity contribution in [2.45, 2.75) is 18.9 Å². The van der Waals surface area contributed by atoms with Crippen molar-refractivity contribution in [1.82, 2.24) is 10.3 Å². The van der Waals surface area contributed by atoms with Crippen LogP contribution in [0.1, 0.15) is 23.2 Å². The highest BCUT2D eigenvalue weighted by Crippen LogP contribution is 2.28. The van der Waals surface area contributed by atoms with Crippen molar-refractivity contribution in [2.24, 2.45) is 0 Å². The lowest BCUT2D eigenvalue weighted by molar-refractivity contribution is 0.0951. The lowest BCUT2D eigenvalue weighted by Gasteiger charge is -2.24. The molecule has 128 valence electrons. The summed E-state index contributed by atoms with van der Waals surface area (Å²) in [4.78, 5) is 19.1. The van der Waals surface area contributed by atoms with Crippen molar-refractivity contribution in [3.05, 3.63) is 35.3 Å². The molecule has 1 aromatic heterocycles. The molecule has 0 saturated carbocycles. The van der Waals surface area contributed by atoms with Gasteiger partial charge in [-0.2, -0.15) is 0 Å². The number of hydrogen-bond acceptors (Lipinski definition) is 6. The number of anilines is 1. The Morgan fingerprint density at radius 2 is 2.21 bits per heavy atom. The molecule has 24 heavy (non-hydrogen) atoms. The summed E-state index contributed by atoms with van der Waals surface area (Å²) >= 11 is 1.64. The summed E-state index contributed by atoms with van der Waals surface area (Å²) in [5.41, 5.74) is 0.562. The highest BCUT2D eigenvalue weighted by atomic mass is 32.1. The zero-order valence-corrected chi connectivity index (χ0v) is 14.6. The Hall–Kier alpha value is -2.28. The molecule has 1 aliphatic heterocycles. The molecular weight excluding hydrogens is 326 g/mol. The monoisotopic (exact) mass is 347 g/mol. The minimum Gasteiger partial charge on any atom is -0.493 e. The first-order valence-corrected chi connectivity index (χ1v) is 8.77. The summed E-state index contributed by atoms with van der Waals surface area (Å²) in [5, 5.41) is 6.03. The van der Waals surface area contributed by atoms with E-state index < -0.39 is 0 Å². The van der Waals surface area contributed by atoms with Crippen molar-refractivity contribution in [1.29, 1.82) is 0 Å². The molecule has 1 amide bonds. The minimum absolute atomic E-state index is 0.109. The van der Waals surface area contributed by atoms with Crippen LogP contribution < -0.4 is 19.7 Å². The average molecular weight is 347 g/mol. The molecule has 1 N–H and O–H groups in total. The van der Waals surface area contributed by atoms with Gasteiger partial charge in [-0.3, -0.25) is 4.79 Å². The number of benzene rings is 1. The topological polar surface area (TPSA) is 63.7 Å². The molecule has 2 aromatic rings. The Balaban J connectivity index is 1.63. The molecule has 1 fully saturated rings. The minimum atomic E-state index is -0.109. The second kappa shape index (κ2) is 7.53. The Labute approximate surface area is 145 Å². The van der Waals surface area contributed by atoms with E-state index in [1.807, 2.05) is 11.6 Å². The number of nitrogens with one attached hydrogen (secondary N) is 1. The molecule has 3 rings (SSSR count). The van der Waals surface area contributed by atoms with E-state index in [4.69, 9.17) is 9.47 Å². The molecular formula is C17H21N3O3S. The van der Waals surface area contributed by atoms with Crippen molar-refractivity contribution in [2.75, 3.05) is 32.2 Å². The first-order chi connectivity index (χ1) is 11.7. The first-order valence-electron chi connectivity index (χ1n) is 7.89. The van der Waals surface area contributed by atoms with Gasteiger partial charge in [0.15, 0.2) is 16.6 Å². The lowest BCUT2D eigenvalue weighted by Crippen LogP contribution is -2.40. The molecule has 0 bridgehead atoms. The van der Waals surface area contributed by atoms with E-state index in [1.165, 1.54) is 0 Å². The third-order valence-corrected chi connectivity index (χ3v) is 4.99. The zero-order valence-electron chi connectivity index (χ0n) is 13.8. The van der Waals surface area contributed by atoms with Crippen molar-refractivity contribution in [3.63, 3.8) is 0 Å². The quantitative estimate of drug-likeness (QED) is 0.870. The van der Waals surface area contributed by atoms with Crippen LogP contribution in [-0.2, 0) is 0 Å². The molecule has 1 saturated heterocycles. The number of methoxy groups -OCH3 is 2. The third kappa shape index (κ3) is 3.46. The van der Waals surface area contributed by atoms with Crippen LogP contribution in [0.4, 0.5) is 5.13 Å². The summed E-state index contributed by atoms with van der Waals surface area (Å²) in [7, 11) is 3.13. The van der Waals surface area contributed by atoms with Crippen LogP contribution in [0, 0.1) is 0 Å². The van der Waals surface area contributed by atoms with Crippen LogP contribution >= 0.6 is 11.3 Å². The highest BCUT2D eigenvalue weighted by Gasteiger charge is 2.26. The van der Waals surface area contributed by atoms with Crippen LogP contribution in [-0.4, -0.2) is 44.2 Å². The zero-order chi connectivity index (χ0) is 16.9. The molecule has 1 aromatic carbocycles. The van der Waals surface area contributed by atoms with Gasteiger partial charge in [-0.05, 0) is 31.0 Å². The van der Waals surface area contributed by atoms with Crippen LogP contribution in [0.15, 0.2) is 29.8 Å². The SMILES string of the molecule is COc1ccc(C(=O)NCC2CCCN2c2nccs2)cc1OC. The molecule has 0 aliphatic carbocycles. The van der Waals surface area contributed by atoms with Gasteiger partial charge in [0.1, 0.15) is 0 Å². The standard InChI is InChI=1S/C17H21N3O3S/c1-22-14-6-5-12(10-15(14)23-2)16(21)19-11-13-4-3-8-20(13)17-18-7-9-24-17/h5-7,9-10,13H,3-4,8,11H2,1-2H3,(H,19,21). The predicted octanol–water partition coefficient (Wildman–Crippen LogP) is 2.56. The number of rotatable bonds is 6. The van der Waals surface area contributed by atoms with Gasteiger partial charge >= 0.3 is 0 Å². The molecule has 7 heteroatoms. The number of nitrogens with zero attached hydrogens (tertiary/aromatic N) is 2.